The molecule has 1 amide bonds. The van der Waals surface area contributed by atoms with Crippen LogP contribution in [-0.2, 0) is 0 Å². The highest BCUT2D eigenvalue weighted by atomic mass is 79.9. The van der Waals surface area contributed by atoms with E-state index in [0.717, 1.165) is 27.1 Å². The maximum absolute atomic E-state index is 12.2. The van der Waals surface area contributed by atoms with Crippen molar-refractivity contribution in [1.29, 1.82) is 0 Å². The van der Waals surface area contributed by atoms with Crippen molar-refractivity contribution in [2.45, 2.75) is 52.0 Å². The van der Waals surface area contributed by atoms with Crippen molar-refractivity contribution in [3.05, 3.63) is 20.3 Å². The molecule has 0 aliphatic heterocycles. The summed E-state index contributed by atoms with van der Waals surface area (Å²) in [4.78, 5) is 13.0. The van der Waals surface area contributed by atoms with Crippen LogP contribution >= 0.6 is 27.3 Å². The molecule has 4 heteroatoms. The highest BCUT2D eigenvalue weighted by Gasteiger charge is 2.25. The van der Waals surface area contributed by atoms with Gasteiger partial charge in [0.25, 0.3) is 5.91 Å². The maximum atomic E-state index is 12.2. The van der Waals surface area contributed by atoms with Crippen molar-refractivity contribution >= 4 is 33.2 Å². The number of rotatable bonds is 3. The number of nitrogens with one attached hydrogen (secondary N) is 1. The molecule has 100 valence electrons. The van der Waals surface area contributed by atoms with E-state index in [9.17, 15) is 4.79 Å². The Morgan fingerprint density at radius 2 is 2.22 bits per heavy atom. The van der Waals surface area contributed by atoms with Gasteiger partial charge in [0.15, 0.2) is 0 Å². The van der Waals surface area contributed by atoms with Crippen LogP contribution in [0.5, 0.6) is 0 Å². The smallest absolute Gasteiger partial charge is 0.261 e. The van der Waals surface area contributed by atoms with Crippen molar-refractivity contribution in [3.8, 4) is 0 Å². The minimum atomic E-state index is 0.0964. The molecular weight excluding hydrogens is 310 g/mol. The summed E-state index contributed by atoms with van der Waals surface area (Å²) in [7, 11) is 0. The zero-order chi connectivity index (χ0) is 13.1. The predicted octanol–water partition coefficient (Wildman–Crippen LogP) is 4.52. The third kappa shape index (κ3) is 3.15. The van der Waals surface area contributed by atoms with Crippen molar-refractivity contribution in [2.24, 2.45) is 5.92 Å². The Morgan fingerprint density at radius 1 is 1.50 bits per heavy atom. The number of hydrogen-bond acceptors (Lipinski definition) is 2. The lowest BCUT2D eigenvalue weighted by Crippen LogP contribution is -2.41. The highest BCUT2D eigenvalue weighted by Crippen LogP contribution is 2.29. The second kappa shape index (κ2) is 6.20. The zero-order valence-electron chi connectivity index (χ0n) is 11.0. The quantitative estimate of drug-likeness (QED) is 0.867. The third-order valence-corrected chi connectivity index (χ3v) is 5.97. The summed E-state index contributed by atoms with van der Waals surface area (Å²) in [5, 5.41) is 3.23. The Bertz CT molecular complexity index is 410. The van der Waals surface area contributed by atoms with Crippen LogP contribution in [0.15, 0.2) is 9.85 Å². The normalized spacial score (nSPS) is 23.9. The molecule has 2 nitrogen and oxygen atoms in total. The SMILES string of the molecule is CCC1CCCCC1NC(=O)c1cc(C)c(Br)s1. The molecule has 1 aromatic heterocycles. The van der Waals surface area contributed by atoms with Crippen molar-refractivity contribution in [1.82, 2.24) is 5.32 Å². The fourth-order valence-corrected chi connectivity index (χ4v) is 4.14. The number of aryl methyl sites for hydroxylation is 1. The molecule has 2 rings (SSSR count). The average Bonchev–Trinajstić information content (AvgIpc) is 2.70. The molecule has 0 aromatic carbocycles. The fourth-order valence-electron chi connectivity index (χ4n) is 2.70. The van der Waals surface area contributed by atoms with Gasteiger partial charge in [-0.1, -0.05) is 26.2 Å². The lowest BCUT2D eigenvalue weighted by molar-refractivity contribution is 0.0909. The first-order chi connectivity index (χ1) is 8.61. The Hall–Kier alpha value is -0.350. The van der Waals surface area contributed by atoms with Gasteiger partial charge in [-0.25, -0.2) is 0 Å². The molecule has 1 aromatic rings. The maximum Gasteiger partial charge on any atom is 0.261 e. The van der Waals surface area contributed by atoms with Gasteiger partial charge in [0.1, 0.15) is 0 Å². The summed E-state index contributed by atoms with van der Waals surface area (Å²) in [5.41, 5.74) is 1.14. The van der Waals surface area contributed by atoms with E-state index in [1.807, 2.05) is 13.0 Å². The van der Waals surface area contributed by atoms with Crippen molar-refractivity contribution < 1.29 is 4.79 Å². The second-order valence-electron chi connectivity index (χ2n) is 5.10. The van der Waals surface area contributed by atoms with E-state index in [-0.39, 0.29) is 5.91 Å². The number of carbonyl (C=O) groups is 1. The molecule has 0 radical (unpaired) electrons. The van der Waals surface area contributed by atoms with E-state index in [1.54, 1.807) is 0 Å². The van der Waals surface area contributed by atoms with E-state index in [2.05, 4.69) is 28.2 Å². The number of halogens is 1. The number of thiophene rings is 1. The van der Waals surface area contributed by atoms with Gasteiger partial charge in [0.2, 0.25) is 0 Å². The van der Waals surface area contributed by atoms with Crippen LogP contribution in [0.4, 0.5) is 0 Å². The summed E-state index contributed by atoms with van der Waals surface area (Å²) in [6, 6.07) is 2.34. The minimum absolute atomic E-state index is 0.0964. The highest BCUT2D eigenvalue weighted by molar-refractivity contribution is 9.11. The molecule has 0 saturated heterocycles. The molecule has 2 atom stereocenters. The first-order valence-corrected chi connectivity index (χ1v) is 8.29. The molecule has 1 N–H and O–H groups in total. The minimum Gasteiger partial charge on any atom is -0.348 e. The van der Waals surface area contributed by atoms with Gasteiger partial charge in [-0.3, -0.25) is 4.79 Å². The number of amides is 1. The number of carbonyl (C=O) groups excluding carboxylic acids is 1. The van der Waals surface area contributed by atoms with Crippen LogP contribution in [0.2, 0.25) is 0 Å². The molecule has 2 unspecified atom stereocenters. The predicted molar refractivity (Wildman–Crippen MR) is 80.3 cm³/mol. The fraction of sp³-hybridized carbons (Fsp3) is 0.643. The number of hydrogen-bond donors (Lipinski definition) is 1. The van der Waals surface area contributed by atoms with Crippen LogP contribution in [0, 0.1) is 12.8 Å². The summed E-state index contributed by atoms with van der Waals surface area (Å²) in [6.07, 6.45) is 6.12. The molecule has 0 spiro atoms. The van der Waals surface area contributed by atoms with Gasteiger partial charge in [-0.2, -0.15) is 0 Å². The van der Waals surface area contributed by atoms with Crippen LogP contribution in [0.25, 0.3) is 0 Å². The zero-order valence-corrected chi connectivity index (χ0v) is 13.4. The lowest BCUT2D eigenvalue weighted by atomic mass is 9.83. The van der Waals surface area contributed by atoms with Crippen LogP contribution < -0.4 is 5.32 Å². The van der Waals surface area contributed by atoms with Gasteiger partial charge in [-0.05, 0) is 53.2 Å². The molecule has 18 heavy (non-hydrogen) atoms. The summed E-state index contributed by atoms with van der Waals surface area (Å²) in [5.74, 6) is 0.756. The molecule has 0 bridgehead atoms. The van der Waals surface area contributed by atoms with Gasteiger partial charge >= 0.3 is 0 Å². The molecule has 1 fully saturated rings. The van der Waals surface area contributed by atoms with E-state index in [1.165, 1.54) is 30.6 Å². The standard InChI is InChI=1S/C14H20BrNOS/c1-3-10-6-4-5-7-11(10)16-14(17)12-8-9(2)13(15)18-12/h8,10-11H,3-7H2,1-2H3,(H,16,17). The largest absolute Gasteiger partial charge is 0.348 e. The molecule has 1 saturated carbocycles. The van der Waals surface area contributed by atoms with Crippen molar-refractivity contribution in [3.63, 3.8) is 0 Å². The molecule has 1 heterocycles. The Kier molecular flexibility index (Phi) is 4.84. The van der Waals surface area contributed by atoms with Crippen LogP contribution in [-0.4, -0.2) is 11.9 Å². The second-order valence-corrected chi connectivity index (χ2v) is 7.47. The van der Waals surface area contributed by atoms with E-state index < -0.39 is 0 Å². The monoisotopic (exact) mass is 329 g/mol. The van der Waals surface area contributed by atoms with Crippen LogP contribution in [0.1, 0.15) is 54.3 Å². The Balaban J connectivity index is 2.01. The average molecular weight is 330 g/mol. The lowest BCUT2D eigenvalue weighted by Gasteiger charge is -2.31. The first-order valence-electron chi connectivity index (χ1n) is 6.68. The third-order valence-electron chi connectivity index (χ3n) is 3.83. The molecule has 1 aliphatic carbocycles. The van der Waals surface area contributed by atoms with Crippen molar-refractivity contribution in [2.75, 3.05) is 0 Å². The Labute approximate surface area is 121 Å². The van der Waals surface area contributed by atoms with Gasteiger partial charge in [0.05, 0.1) is 8.66 Å². The molecular formula is C14H20BrNOS. The van der Waals surface area contributed by atoms with E-state index in [4.69, 9.17) is 0 Å². The van der Waals surface area contributed by atoms with E-state index >= 15 is 0 Å². The Morgan fingerprint density at radius 3 is 2.83 bits per heavy atom. The summed E-state index contributed by atoms with van der Waals surface area (Å²) < 4.78 is 1.06. The van der Waals surface area contributed by atoms with Crippen LogP contribution in [0.3, 0.4) is 0 Å². The van der Waals surface area contributed by atoms with Gasteiger partial charge in [0, 0.05) is 6.04 Å². The van der Waals surface area contributed by atoms with E-state index in [0.29, 0.717) is 12.0 Å². The first kappa shape index (κ1) is 14.1. The molecule has 1 aliphatic rings. The topological polar surface area (TPSA) is 29.1 Å². The summed E-state index contributed by atoms with van der Waals surface area (Å²) >= 11 is 5.00. The van der Waals surface area contributed by atoms with Gasteiger partial charge < -0.3 is 5.32 Å². The summed E-state index contributed by atoms with van der Waals surface area (Å²) in [6.45, 7) is 4.24. The van der Waals surface area contributed by atoms with Gasteiger partial charge in [-0.15, -0.1) is 11.3 Å².